The average molecular weight is 450 g/mol. The van der Waals surface area contributed by atoms with Crippen LogP contribution in [0.2, 0.25) is 0 Å². The van der Waals surface area contributed by atoms with Crippen molar-refractivity contribution in [2.45, 2.75) is 36.3 Å². The van der Waals surface area contributed by atoms with Crippen LogP contribution in [0, 0.1) is 0 Å². The molecule has 2 aromatic heterocycles. The molecule has 2 aliphatic rings. The number of aryl methyl sites for hydroxylation is 1. The fourth-order valence-electron chi connectivity index (χ4n) is 4.43. The van der Waals surface area contributed by atoms with Gasteiger partial charge in [-0.1, -0.05) is 6.07 Å². The van der Waals surface area contributed by atoms with E-state index in [1.165, 1.54) is 4.31 Å². The van der Waals surface area contributed by atoms with Gasteiger partial charge in [-0.15, -0.1) is 0 Å². The first kappa shape index (κ1) is 21.9. The normalized spacial score (nSPS) is 20.5. The van der Waals surface area contributed by atoms with E-state index in [0.29, 0.717) is 25.9 Å². The Kier molecular flexibility index (Phi) is 6.11. The first-order valence-electron chi connectivity index (χ1n) is 10.3. The van der Waals surface area contributed by atoms with Gasteiger partial charge in [-0.3, -0.25) is 19.7 Å². The van der Waals surface area contributed by atoms with Gasteiger partial charge in [0.25, 0.3) is 5.91 Å². The molecule has 2 aromatic rings. The summed E-state index contributed by atoms with van der Waals surface area (Å²) < 4.78 is 33.5. The van der Waals surface area contributed by atoms with Crippen LogP contribution >= 0.6 is 0 Å². The van der Waals surface area contributed by atoms with E-state index in [1.54, 1.807) is 16.4 Å². The summed E-state index contributed by atoms with van der Waals surface area (Å²) in [7, 11) is -2.09. The first-order chi connectivity index (χ1) is 14.9. The van der Waals surface area contributed by atoms with Crippen molar-refractivity contribution in [3.63, 3.8) is 0 Å². The number of carbonyl (C=O) groups is 1. The highest BCUT2D eigenvalue weighted by molar-refractivity contribution is 7.91. The van der Waals surface area contributed by atoms with Gasteiger partial charge in [0.05, 0.1) is 6.20 Å². The molecule has 0 bridgehead atoms. The van der Waals surface area contributed by atoms with Crippen LogP contribution in [0.1, 0.15) is 37.3 Å². The third kappa shape index (κ3) is 3.98. The molecule has 2 N–H and O–H groups in total. The third-order valence-electron chi connectivity index (χ3n) is 6.35. The third-order valence-corrected chi connectivity index (χ3v) is 8.97. The van der Waals surface area contributed by atoms with Crippen LogP contribution in [0.25, 0.3) is 11.1 Å². The zero-order valence-corrected chi connectivity index (χ0v) is 18.2. The van der Waals surface area contributed by atoms with Gasteiger partial charge in [-0.25, -0.2) is 18.2 Å². The van der Waals surface area contributed by atoms with E-state index in [4.69, 9.17) is 4.74 Å². The Bertz CT molecular complexity index is 1020. The number of sulfonamides is 1. The predicted octanol–water partition coefficient (Wildman–Crippen LogP) is 1.05. The molecule has 0 saturated carbocycles. The van der Waals surface area contributed by atoms with Gasteiger partial charge in [0.15, 0.2) is 4.75 Å². The lowest BCUT2D eigenvalue weighted by Crippen LogP contribution is -2.60. The number of carbonyl (C=O) groups excluding carboxylic acids is 1. The van der Waals surface area contributed by atoms with Crippen molar-refractivity contribution in [3.05, 3.63) is 36.4 Å². The number of nitrogens with one attached hydrogen (secondary N) is 1. The number of nitrogens with zero attached hydrogens (tertiary/aromatic N) is 4. The second-order valence-corrected chi connectivity index (χ2v) is 10.3. The van der Waals surface area contributed by atoms with Crippen molar-refractivity contribution in [2.75, 3.05) is 26.3 Å². The molecule has 168 valence electrons. The molecule has 0 spiro atoms. The molecule has 0 aliphatic carbocycles. The molecule has 2 fully saturated rings. The van der Waals surface area contributed by atoms with Gasteiger partial charge in [0.2, 0.25) is 10.0 Å². The number of rotatable bonds is 5. The highest BCUT2D eigenvalue weighted by Gasteiger charge is 2.54. The molecule has 10 nitrogen and oxygen atoms in total. The van der Waals surface area contributed by atoms with Crippen molar-refractivity contribution in [2.24, 2.45) is 7.05 Å². The number of piperidine rings is 1. The van der Waals surface area contributed by atoms with Gasteiger partial charge < -0.3 is 4.74 Å². The summed E-state index contributed by atoms with van der Waals surface area (Å²) >= 11 is 0. The molecule has 2 aliphatic heterocycles. The van der Waals surface area contributed by atoms with Gasteiger partial charge in [-0.2, -0.15) is 5.10 Å². The van der Waals surface area contributed by atoms with E-state index in [1.807, 2.05) is 31.6 Å². The van der Waals surface area contributed by atoms with Crippen molar-refractivity contribution >= 4 is 15.9 Å². The minimum Gasteiger partial charge on any atom is -0.381 e. The van der Waals surface area contributed by atoms with Gasteiger partial charge >= 0.3 is 0 Å². The Hall–Kier alpha value is -2.34. The number of ether oxygens (including phenoxy) is 1. The zero-order valence-electron chi connectivity index (χ0n) is 17.4. The van der Waals surface area contributed by atoms with Crippen molar-refractivity contribution in [3.8, 4) is 11.1 Å². The number of hydrogen-bond donors (Lipinski definition) is 2. The number of hydroxylamine groups is 1. The maximum Gasteiger partial charge on any atom is 0.266 e. The molecule has 31 heavy (non-hydrogen) atoms. The van der Waals surface area contributed by atoms with Crippen LogP contribution in [0.15, 0.2) is 30.7 Å². The maximum atomic E-state index is 13.4. The van der Waals surface area contributed by atoms with Gasteiger partial charge in [-0.05, 0) is 18.9 Å². The maximum absolute atomic E-state index is 13.4. The molecule has 2 saturated heterocycles. The first-order valence-corrected chi connectivity index (χ1v) is 11.8. The Labute approximate surface area is 181 Å². The second kappa shape index (κ2) is 8.65. The standard InChI is InChI=1S/C20H27N5O5S/c1-24-14-17(13-22-24)16-2-3-18(21-12-16)15-4-8-25(9-5-15)31(28,29)20(19(26)23-27)6-10-30-11-7-20/h2-3,12-15,27H,4-11H2,1H3,(H,23,26). The minimum absolute atomic E-state index is 0.0268. The highest BCUT2D eigenvalue weighted by atomic mass is 32.2. The van der Waals surface area contributed by atoms with Gasteiger partial charge in [0.1, 0.15) is 0 Å². The van der Waals surface area contributed by atoms with Crippen molar-refractivity contribution in [1.29, 1.82) is 0 Å². The number of hydrogen-bond acceptors (Lipinski definition) is 7. The van der Waals surface area contributed by atoms with Crippen molar-refractivity contribution in [1.82, 2.24) is 24.5 Å². The molecule has 4 heterocycles. The molecule has 0 unspecified atom stereocenters. The topological polar surface area (TPSA) is 127 Å². The largest absolute Gasteiger partial charge is 0.381 e. The predicted molar refractivity (Wildman–Crippen MR) is 112 cm³/mol. The Morgan fingerprint density at radius 1 is 1.19 bits per heavy atom. The van der Waals surface area contributed by atoms with Crippen LogP contribution in [0.4, 0.5) is 0 Å². The molecular formula is C20H27N5O5S. The SMILES string of the molecule is Cn1cc(-c2ccc(C3CCN(S(=O)(=O)C4(C(=O)NO)CCOCC4)CC3)nc2)cn1. The summed E-state index contributed by atoms with van der Waals surface area (Å²) in [6.45, 7) is 0.938. The number of pyridine rings is 1. The summed E-state index contributed by atoms with van der Waals surface area (Å²) in [6, 6.07) is 3.99. The van der Waals surface area contributed by atoms with Crippen molar-refractivity contribution < 1.29 is 23.2 Å². The van der Waals surface area contributed by atoms with Crippen LogP contribution in [-0.2, 0) is 26.6 Å². The van der Waals surface area contributed by atoms with Crippen LogP contribution in [0.3, 0.4) is 0 Å². The van der Waals surface area contributed by atoms with Crippen LogP contribution in [-0.4, -0.2) is 69.7 Å². The lowest BCUT2D eigenvalue weighted by Gasteiger charge is -2.40. The average Bonchev–Trinajstić information content (AvgIpc) is 3.25. The molecule has 1 amide bonds. The lowest BCUT2D eigenvalue weighted by molar-refractivity contribution is -0.134. The van der Waals surface area contributed by atoms with E-state index in [2.05, 4.69) is 10.1 Å². The number of amides is 1. The Morgan fingerprint density at radius 3 is 2.45 bits per heavy atom. The van der Waals surface area contributed by atoms with Crippen LogP contribution in [0.5, 0.6) is 0 Å². The smallest absolute Gasteiger partial charge is 0.266 e. The van der Waals surface area contributed by atoms with Gasteiger partial charge in [0, 0.05) is 81.3 Å². The second-order valence-electron chi connectivity index (χ2n) is 8.10. The fraction of sp³-hybridized carbons (Fsp3) is 0.550. The lowest BCUT2D eigenvalue weighted by atomic mass is 9.93. The summed E-state index contributed by atoms with van der Waals surface area (Å²) in [5, 5.41) is 13.3. The molecule has 0 radical (unpaired) electrons. The van der Waals surface area contributed by atoms with Crippen LogP contribution < -0.4 is 5.48 Å². The molecular weight excluding hydrogens is 422 g/mol. The fourth-order valence-corrected chi connectivity index (χ4v) is 6.58. The van der Waals surface area contributed by atoms with E-state index in [9.17, 15) is 18.4 Å². The summed E-state index contributed by atoms with van der Waals surface area (Å²) in [6.07, 6.45) is 6.82. The molecule has 0 atom stereocenters. The number of aromatic nitrogens is 3. The Morgan fingerprint density at radius 2 is 1.90 bits per heavy atom. The molecule has 0 aromatic carbocycles. The zero-order chi connectivity index (χ0) is 22.1. The summed E-state index contributed by atoms with van der Waals surface area (Å²) in [5.74, 6) is -0.739. The van der Waals surface area contributed by atoms with E-state index in [0.717, 1.165) is 16.8 Å². The molecule has 4 rings (SSSR count). The van der Waals surface area contributed by atoms with E-state index >= 15 is 0 Å². The monoisotopic (exact) mass is 449 g/mol. The quantitative estimate of drug-likeness (QED) is 0.516. The molecule has 11 heteroatoms. The minimum atomic E-state index is -3.95. The van der Waals surface area contributed by atoms with E-state index in [-0.39, 0.29) is 32.0 Å². The summed E-state index contributed by atoms with van der Waals surface area (Å²) in [4.78, 5) is 17.0. The Balaban J connectivity index is 1.46. The highest BCUT2D eigenvalue weighted by Crippen LogP contribution is 2.36. The summed E-state index contributed by atoms with van der Waals surface area (Å²) in [5.41, 5.74) is 4.46. The van der Waals surface area contributed by atoms with E-state index < -0.39 is 20.7 Å².